The lowest BCUT2D eigenvalue weighted by atomic mass is 9.78. The number of hydrogen-bond acceptors (Lipinski definition) is 5. The number of thiophene rings is 1. The molecule has 1 aliphatic carbocycles. The molecule has 19 heavy (non-hydrogen) atoms. The summed E-state index contributed by atoms with van der Waals surface area (Å²) >= 11 is 1.36. The second-order valence-corrected chi connectivity index (χ2v) is 6.45. The molecule has 0 spiro atoms. The van der Waals surface area contributed by atoms with E-state index in [-0.39, 0.29) is 9.92 Å². The zero-order chi connectivity index (χ0) is 13.2. The van der Waals surface area contributed by atoms with Crippen LogP contribution in [0, 0.1) is 16.0 Å². The molecular formula is C13H19N3O2S. The lowest BCUT2D eigenvalue weighted by molar-refractivity contribution is -0.380. The van der Waals surface area contributed by atoms with Gasteiger partial charge in [-0.1, -0.05) is 17.8 Å². The van der Waals surface area contributed by atoms with E-state index in [2.05, 4.69) is 10.2 Å². The van der Waals surface area contributed by atoms with Gasteiger partial charge in [0.05, 0.1) is 4.92 Å². The molecule has 6 heteroatoms. The molecule has 2 fully saturated rings. The van der Waals surface area contributed by atoms with E-state index in [1.165, 1.54) is 35.5 Å². The molecule has 0 bridgehead atoms. The summed E-state index contributed by atoms with van der Waals surface area (Å²) in [4.78, 5) is 14.3. The van der Waals surface area contributed by atoms with Gasteiger partial charge in [-0.15, -0.1) is 0 Å². The molecule has 0 unspecified atom stereocenters. The van der Waals surface area contributed by atoms with Crippen LogP contribution < -0.4 is 5.32 Å². The van der Waals surface area contributed by atoms with Crippen molar-refractivity contribution in [2.24, 2.45) is 5.92 Å². The Bertz CT molecular complexity index is 452. The predicted octanol–water partition coefficient (Wildman–Crippen LogP) is 2.40. The van der Waals surface area contributed by atoms with Crippen molar-refractivity contribution in [3.05, 3.63) is 27.1 Å². The van der Waals surface area contributed by atoms with E-state index in [0.717, 1.165) is 26.2 Å². The topological polar surface area (TPSA) is 58.4 Å². The minimum absolute atomic E-state index is 0.273. The SMILES string of the molecule is O=[N+]([O-])c1ccc([C@H](C2CCC2)N2CCNCC2)s1. The minimum Gasteiger partial charge on any atom is -0.314 e. The van der Waals surface area contributed by atoms with Crippen molar-refractivity contribution in [3.63, 3.8) is 0 Å². The standard InChI is InChI=1S/C13H19N3O2S/c17-16(18)12-5-4-11(19-12)13(10-2-1-3-10)15-8-6-14-7-9-15/h4-5,10,13-14H,1-3,6-9H2/t13-/m0/s1. The maximum Gasteiger partial charge on any atom is 0.324 e. The van der Waals surface area contributed by atoms with Crippen LogP contribution in [0.5, 0.6) is 0 Å². The number of piperazine rings is 1. The minimum atomic E-state index is -0.274. The number of rotatable bonds is 4. The number of nitrogens with zero attached hydrogens (tertiary/aromatic N) is 2. The van der Waals surface area contributed by atoms with E-state index in [1.54, 1.807) is 6.07 Å². The monoisotopic (exact) mass is 281 g/mol. The Kier molecular flexibility index (Phi) is 3.81. The van der Waals surface area contributed by atoms with Crippen LogP contribution in [0.3, 0.4) is 0 Å². The highest BCUT2D eigenvalue weighted by Gasteiger charge is 2.35. The number of hydrogen-bond donors (Lipinski definition) is 1. The number of nitrogens with one attached hydrogen (secondary N) is 1. The zero-order valence-corrected chi connectivity index (χ0v) is 11.7. The molecule has 1 N–H and O–H groups in total. The van der Waals surface area contributed by atoms with Gasteiger partial charge in [0.15, 0.2) is 0 Å². The lowest BCUT2D eigenvalue weighted by Gasteiger charge is -2.42. The first-order valence-electron chi connectivity index (χ1n) is 6.94. The third-order valence-corrected chi connectivity index (χ3v) is 5.33. The fourth-order valence-electron chi connectivity index (χ4n) is 3.03. The maximum absolute atomic E-state index is 10.9. The van der Waals surface area contributed by atoms with Gasteiger partial charge in [-0.2, -0.15) is 0 Å². The normalized spacial score (nSPS) is 22.9. The third-order valence-electron chi connectivity index (χ3n) is 4.23. The van der Waals surface area contributed by atoms with Crippen molar-refractivity contribution in [2.45, 2.75) is 25.3 Å². The third kappa shape index (κ3) is 2.66. The highest BCUT2D eigenvalue weighted by molar-refractivity contribution is 7.15. The molecular weight excluding hydrogens is 262 g/mol. The average molecular weight is 281 g/mol. The Morgan fingerprint density at radius 2 is 2.11 bits per heavy atom. The summed E-state index contributed by atoms with van der Waals surface area (Å²) in [6.45, 7) is 4.15. The second-order valence-electron chi connectivity index (χ2n) is 5.35. The summed E-state index contributed by atoms with van der Waals surface area (Å²) in [6.07, 6.45) is 3.83. The molecule has 1 aromatic rings. The average Bonchev–Trinajstić information content (AvgIpc) is 2.84. The van der Waals surface area contributed by atoms with Gasteiger partial charge in [0.1, 0.15) is 0 Å². The van der Waals surface area contributed by atoms with Gasteiger partial charge in [-0.3, -0.25) is 15.0 Å². The summed E-state index contributed by atoms with van der Waals surface area (Å²) in [6, 6.07) is 4.02. The van der Waals surface area contributed by atoms with E-state index in [0.29, 0.717) is 12.0 Å². The number of nitro groups is 1. The molecule has 1 atom stereocenters. The van der Waals surface area contributed by atoms with Crippen molar-refractivity contribution in [2.75, 3.05) is 26.2 Å². The Hall–Kier alpha value is -0.980. The first-order valence-corrected chi connectivity index (χ1v) is 7.76. The fraction of sp³-hybridized carbons (Fsp3) is 0.692. The molecule has 2 heterocycles. The molecule has 0 amide bonds. The molecule has 1 saturated carbocycles. The zero-order valence-electron chi connectivity index (χ0n) is 10.9. The smallest absolute Gasteiger partial charge is 0.314 e. The van der Waals surface area contributed by atoms with Gasteiger partial charge >= 0.3 is 5.00 Å². The van der Waals surface area contributed by atoms with Gasteiger partial charge in [0, 0.05) is 43.2 Å². The van der Waals surface area contributed by atoms with Gasteiger partial charge in [-0.25, -0.2) is 0 Å². The summed E-state index contributed by atoms with van der Waals surface area (Å²) in [5, 5.41) is 14.5. The van der Waals surface area contributed by atoms with E-state index < -0.39 is 0 Å². The van der Waals surface area contributed by atoms with Crippen LogP contribution in [-0.4, -0.2) is 36.0 Å². The Balaban J connectivity index is 1.82. The summed E-state index contributed by atoms with van der Waals surface area (Å²) in [5.41, 5.74) is 0. The van der Waals surface area contributed by atoms with Crippen LogP contribution in [0.15, 0.2) is 12.1 Å². The molecule has 104 valence electrons. The van der Waals surface area contributed by atoms with E-state index >= 15 is 0 Å². The second kappa shape index (κ2) is 5.56. The van der Waals surface area contributed by atoms with Gasteiger partial charge in [0.25, 0.3) is 0 Å². The first kappa shape index (κ1) is 13.0. The first-order chi connectivity index (χ1) is 9.25. The van der Waals surface area contributed by atoms with Gasteiger partial charge in [0.2, 0.25) is 0 Å². The summed E-state index contributed by atoms with van der Waals surface area (Å²) < 4.78 is 0. The van der Waals surface area contributed by atoms with Crippen LogP contribution in [0.1, 0.15) is 30.2 Å². The van der Waals surface area contributed by atoms with Crippen LogP contribution in [0.4, 0.5) is 5.00 Å². The van der Waals surface area contributed by atoms with Gasteiger partial charge in [-0.05, 0) is 24.8 Å². The predicted molar refractivity (Wildman–Crippen MR) is 75.5 cm³/mol. The molecule has 0 radical (unpaired) electrons. The highest BCUT2D eigenvalue weighted by Crippen LogP contribution is 2.44. The van der Waals surface area contributed by atoms with E-state index in [4.69, 9.17) is 0 Å². The largest absolute Gasteiger partial charge is 0.324 e. The van der Waals surface area contributed by atoms with Crippen molar-refractivity contribution in [3.8, 4) is 0 Å². The molecule has 0 aromatic carbocycles. The van der Waals surface area contributed by atoms with Crippen LogP contribution in [-0.2, 0) is 0 Å². The highest BCUT2D eigenvalue weighted by atomic mass is 32.1. The van der Waals surface area contributed by atoms with E-state index in [9.17, 15) is 10.1 Å². The van der Waals surface area contributed by atoms with Crippen molar-refractivity contribution in [1.82, 2.24) is 10.2 Å². The molecule has 2 aliphatic rings. The Morgan fingerprint density at radius 3 is 2.63 bits per heavy atom. The molecule has 3 rings (SSSR count). The van der Waals surface area contributed by atoms with Gasteiger partial charge < -0.3 is 5.32 Å². The van der Waals surface area contributed by atoms with Crippen molar-refractivity contribution < 1.29 is 4.92 Å². The summed E-state index contributed by atoms with van der Waals surface area (Å²) in [5.74, 6) is 0.691. The van der Waals surface area contributed by atoms with E-state index in [1.807, 2.05) is 6.07 Å². The summed E-state index contributed by atoms with van der Waals surface area (Å²) in [7, 11) is 0. The lowest BCUT2D eigenvalue weighted by Crippen LogP contribution is -2.47. The molecule has 1 aromatic heterocycles. The molecule has 5 nitrogen and oxygen atoms in total. The molecule has 1 saturated heterocycles. The van der Waals surface area contributed by atoms with Crippen LogP contribution in [0.25, 0.3) is 0 Å². The molecule has 1 aliphatic heterocycles. The maximum atomic E-state index is 10.9. The van der Waals surface area contributed by atoms with Crippen LogP contribution in [0.2, 0.25) is 0 Å². The Labute approximate surface area is 116 Å². The van der Waals surface area contributed by atoms with Crippen molar-refractivity contribution >= 4 is 16.3 Å². The van der Waals surface area contributed by atoms with Crippen molar-refractivity contribution in [1.29, 1.82) is 0 Å². The van der Waals surface area contributed by atoms with Crippen LogP contribution >= 0.6 is 11.3 Å². The Morgan fingerprint density at radius 1 is 1.37 bits per heavy atom. The fourth-order valence-corrected chi connectivity index (χ4v) is 4.08. The quantitative estimate of drug-likeness (QED) is 0.680.